The summed E-state index contributed by atoms with van der Waals surface area (Å²) >= 11 is 0. The maximum absolute atomic E-state index is 12.8. The fraction of sp³-hybridized carbons (Fsp3) is 0.269. The molecule has 0 aliphatic rings. The zero-order chi connectivity index (χ0) is 21.3. The molecular formula is C26H28N2O2. The molecule has 4 heteroatoms. The first kappa shape index (κ1) is 20.0. The minimum Gasteiger partial charge on any atom is -0.481 e. The Morgan fingerprint density at radius 1 is 0.933 bits per heavy atom. The Balaban J connectivity index is 1.58. The first-order valence-electron chi connectivity index (χ1n) is 10.6. The minimum absolute atomic E-state index is 0.160. The Morgan fingerprint density at radius 2 is 1.63 bits per heavy atom. The van der Waals surface area contributed by atoms with Crippen molar-refractivity contribution in [2.24, 2.45) is 0 Å². The van der Waals surface area contributed by atoms with Crippen molar-refractivity contribution >= 4 is 33.4 Å². The molecule has 4 nitrogen and oxygen atoms in total. The highest BCUT2D eigenvalue weighted by atomic mass is 16.5. The lowest BCUT2D eigenvalue weighted by Crippen LogP contribution is -2.30. The number of carbonyl (C=O) groups excluding carboxylic acids is 1. The van der Waals surface area contributed by atoms with Gasteiger partial charge in [0.05, 0.1) is 0 Å². The Labute approximate surface area is 177 Å². The highest BCUT2D eigenvalue weighted by Gasteiger charge is 2.18. The van der Waals surface area contributed by atoms with Gasteiger partial charge in [0.2, 0.25) is 0 Å². The van der Waals surface area contributed by atoms with Crippen molar-refractivity contribution in [2.45, 2.75) is 46.3 Å². The summed E-state index contributed by atoms with van der Waals surface area (Å²) in [6, 6.07) is 22.4. The van der Waals surface area contributed by atoms with Crippen LogP contribution in [0.1, 0.15) is 39.2 Å². The van der Waals surface area contributed by atoms with Gasteiger partial charge in [0.1, 0.15) is 5.75 Å². The van der Waals surface area contributed by atoms with E-state index in [-0.39, 0.29) is 5.91 Å². The van der Waals surface area contributed by atoms with Crippen LogP contribution in [0.2, 0.25) is 0 Å². The van der Waals surface area contributed by atoms with E-state index in [1.54, 1.807) is 6.92 Å². The van der Waals surface area contributed by atoms with E-state index in [9.17, 15) is 4.79 Å². The highest BCUT2D eigenvalue weighted by molar-refractivity contribution is 6.10. The van der Waals surface area contributed by atoms with Crippen molar-refractivity contribution in [1.29, 1.82) is 0 Å². The number of ether oxygens (including phenoxy) is 1. The number of hydrogen-bond donors (Lipinski definition) is 1. The molecule has 1 aromatic heterocycles. The van der Waals surface area contributed by atoms with Crippen LogP contribution >= 0.6 is 0 Å². The predicted molar refractivity (Wildman–Crippen MR) is 124 cm³/mol. The molecule has 4 rings (SSSR count). The zero-order valence-electron chi connectivity index (χ0n) is 18.0. The van der Waals surface area contributed by atoms with Gasteiger partial charge in [-0.3, -0.25) is 4.79 Å². The number of benzene rings is 3. The smallest absolute Gasteiger partial charge is 0.265 e. The minimum atomic E-state index is -0.599. The monoisotopic (exact) mass is 400 g/mol. The number of para-hydroxylation sites is 2. The highest BCUT2D eigenvalue weighted by Crippen LogP contribution is 2.31. The topological polar surface area (TPSA) is 43.3 Å². The zero-order valence-corrected chi connectivity index (χ0v) is 18.0. The van der Waals surface area contributed by atoms with E-state index >= 15 is 0 Å². The Hall–Kier alpha value is -3.27. The molecule has 0 radical (unpaired) electrons. The largest absolute Gasteiger partial charge is 0.481 e. The number of rotatable bonds is 6. The lowest BCUT2D eigenvalue weighted by Gasteiger charge is -2.18. The number of amides is 1. The van der Waals surface area contributed by atoms with Gasteiger partial charge in [-0.05, 0) is 55.7 Å². The van der Waals surface area contributed by atoms with Crippen LogP contribution in [0.4, 0.5) is 5.69 Å². The molecular weight excluding hydrogens is 372 g/mol. The van der Waals surface area contributed by atoms with Crippen LogP contribution < -0.4 is 10.1 Å². The molecule has 1 N–H and O–H groups in total. The molecule has 30 heavy (non-hydrogen) atoms. The average Bonchev–Trinajstić information content (AvgIpc) is 3.07. The first-order chi connectivity index (χ1) is 14.5. The van der Waals surface area contributed by atoms with Gasteiger partial charge in [0, 0.05) is 34.0 Å². The molecule has 0 saturated carbocycles. The number of anilines is 1. The second-order valence-corrected chi connectivity index (χ2v) is 7.94. The molecule has 3 aromatic carbocycles. The van der Waals surface area contributed by atoms with E-state index in [1.165, 1.54) is 16.4 Å². The van der Waals surface area contributed by atoms with Gasteiger partial charge < -0.3 is 14.6 Å². The molecule has 1 heterocycles. The van der Waals surface area contributed by atoms with Gasteiger partial charge in [0.25, 0.3) is 5.91 Å². The van der Waals surface area contributed by atoms with E-state index in [4.69, 9.17) is 4.74 Å². The standard InChI is InChI=1S/C26H28N2O2/c1-5-28-23-12-8-6-11-21(23)22-16-19(14-15-24(22)28)27-26(29)18(4)30-25-13-9-7-10-20(25)17(2)3/h6-18H,5H2,1-4H3,(H,27,29). The first-order valence-corrected chi connectivity index (χ1v) is 10.6. The molecule has 154 valence electrons. The summed E-state index contributed by atoms with van der Waals surface area (Å²) < 4.78 is 8.30. The van der Waals surface area contributed by atoms with Crippen LogP contribution in [-0.4, -0.2) is 16.6 Å². The summed E-state index contributed by atoms with van der Waals surface area (Å²) in [6.45, 7) is 9.07. The lowest BCUT2D eigenvalue weighted by molar-refractivity contribution is -0.122. The van der Waals surface area contributed by atoms with Crippen LogP contribution in [0.15, 0.2) is 66.7 Å². The Morgan fingerprint density at radius 3 is 2.40 bits per heavy atom. The van der Waals surface area contributed by atoms with Gasteiger partial charge in [-0.2, -0.15) is 0 Å². The molecule has 1 amide bonds. The van der Waals surface area contributed by atoms with E-state index < -0.39 is 6.10 Å². The lowest BCUT2D eigenvalue weighted by atomic mass is 10.0. The Bertz CT molecular complexity index is 1210. The molecule has 0 saturated heterocycles. The summed E-state index contributed by atoms with van der Waals surface area (Å²) in [6.07, 6.45) is -0.599. The molecule has 0 aliphatic heterocycles. The van der Waals surface area contributed by atoms with Crippen molar-refractivity contribution in [2.75, 3.05) is 5.32 Å². The van der Waals surface area contributed by atoms with Crippen LogP contribution in [0.25, 0.3) is 21.8 Å². The van der Waals surface area contributed by atoms with Crippen LogP contribution in [0.3, 0.4) is 0 Å². The second kappa shape index (κ2) is 8.23. The number of nitrogens with one attached hydrogen (secondary N) is 1. The van der Waals surface area contributed by atoms with Gasteiger partial charge >= 0.3 is 0 Å². The normalized spacial score (nSPS) is 12.4. The average molecular weight is 401 g/mol. The van der Waals surface area contributed by atoms with E-state index in [1.807, 2.05) is 30.3 Å². The summed E-state index contributed by atoms with van der Waals surface area (Å²) in [5.41, 5.74) is 4.26. The van der Waals surface area contributed by atoms with E-state index in [0.29, 0.717) is 5.92 Å². The number of nitrogens with zero attached hydrogens (tertiary/aromatic N) is 1. The summed E-state index contributed by atoms with van der Waals surface area (Å²) in [5.74, 6) is 0.929. The van der Waals surface area contributed by atoms with Crippen molar-refractivity contribution in [1.82, 2.24) is 4.57 Å². The third-order valence-corrected chi connectivity index (χ3v) is 5.57. The SMILES string of the molecule is CCn1c2ccccc2c2cc(NC(=O)C(C)Oc3ccccc3C(C)C)ccc21. The molecule has 0 bridgehead atoms. The summed E-state index contributed by atoms with van der Waals surface area (Å²) in [4.78, 5) is 12.8. The van der Waals surface area contributed by atoms with Gasteiger partial charge in [-0.25, -0.2) is 0 Å². The molecule has 0 spiro atoms. The number of carbonyl (C=O) groups is 1. The number of fused-ring (bicyclic) bond motifs is 3. The quantitative estimate of drug-likeness (QED) is 0.410. The van der Waals surface area contributed by atoms with Crippen molar-refractivity contribution < 1.29 is 9.53 Å². The molecule has 0 aliphatic carbocycles. The Kier molecular flexibility index (Phi) is 5.49. The molecule has 1 unspecified atom stereocenters. The van der Waals surface area contributed by atoms with Crippen molar-refractivity contribution in [3.05, 3.63) is 72.3 Å². The summed E-state index contributed by atoms with van der Waals surface area (Å²) in [7, 11) is 0. The van der Waals surface area contributed by atoms with Gasteiger partial charge in [-0.1, -0.05) is 50.2 Å². The van der Waals surface area contributed by atoms with Crippen molar-refractivity contribution in [3.8, 4) is 5.75 Å². The predicted octanol–water partition coefficient (Wildman–Crippen LogP) is 6.34. The van der Waals surface area contributed by atoms with Gasteiger partial charge in [0.15, 0.2) is 6.10 Å². The fourth-order valence-electron chi connectivity index (χ4n) is 4.02. The number of aromatic nitrogens is 1. The molecule has 1 atom stereocenters. The third kappa shape index (κ3) is 3.65. The van der Waals surface area contributed by atoms with E-state index in [2.05, 4.69) is 67.1 Å². The third-order valence-electron chi connectivity index (χ3n) is 5.57. The maximum atomic E-state index is 12.8. The molecule has 4 aromatic rings. The van der Waals surface area contributed by atoms with Crippen LogP contribution in [0.5, 0.6) is 5.75 Å². The van der Waals surface area contributed by atoms with Crippen molar-refractivity contribution in [3.63, 3.8) is 0 Å². The fourth-order valence-corrected chi connectivity index (χ4v) is 4.02. The maximum Gasteiger partial charge on any atom is 0.265 e. The van der Waals surface area contributed by atoms with E-state index in [0.717, 1.165) is 28.9 Å². The summed E-state index contributed by atoms with van der Waals surface area (Å²) in [5, 5.41) is 5.36. The number of hydrogen-bond acceptors (Lipinski definition) is 2. The van der Waals surface area contributed by atoms with Crippen LogP contribution in [0, 0.1) is 0 Å². The molecule has 0 fully saturated rings. The number of aryl methyl sites for hydroxylation is 1. The van der Waals surface area contributed by atoms with Crippen LogP contribution in [-0.2, 0) is 11.3 Å². The van der Waals surface area contributed by atoms with Gasteiger partial charge in [-0.15, -0.1) is 0 Å². The second-order valence-electron chi connectivity index (χ2n) is 7.94.